The highest BCUT2D eigenvalue weighted by atomic mass is 16.1. The zero-order valence-corrected chi connectivity index (χ0v) is 12.6. The molecule has 7 nitrogen and oxygen atoms in total. The van der Waals surface area contributed by atoms with E-state index in [1.54, 1.807) is 0 Å². The van der Waals surface area contributed by atoms with Crippen LogP contribution in [0.1, 0.15) is 25.2 Å². The Morgan fingerprint density at radius 3 is 2.67 bits per heavy atom. The SMILES string of the molecule is CCN(CC)c1ccc(NC(=O)Cc2nn[nH]n2)c(C)c1. The van der Waals surface area contributed by atoms with Crippen molar-refractivity contribution in [1.82, 2.24) is 20.6 Å². The molecular weight excluding hydrogens is 268 g/mol. The quantitative estimate of drug-likeness (QED) is 0.842. The van der Waals surface area contributed by atoms with Crippen LogP contribution in [0.2, 0.25) is 0 Å². The maximum absolute atomic E-state index is 11.9. The van der Waals surface area contributed by atoms with Crippen molar-refractivity contribution in [3.05, 3.63) is 29.6 Å². The lowest BCUT2D eigenvalue weighted by Gasteiger charge is -2.22. The third-order valence-electron chi connectivity index (χ3n) is 3.32. The highest BCUT2D eigenvalue weighted by Crippen LogP contribution is 2.22. The number of amides is 1. The predicted octanol–water partition coefficient (Wildman–Crippen LogP) is 1.54. The number of anilines is 2. The van der Waals surface area contributed by atoms with Gasteiger partial charge in [-0.3, -0.25) is 4.79 Å². The van der Waals surface area contributed by atoms with Crippen LogP contribution in [-0.4, -0.2) is 39.6 Å². The van der Waals surface area contributed by atoms with Crippen LogP contribution in [-0.2, 0) is 11.2 Å². The summed E-state index contributed by atoms with van der Waals surface area (Å²) in [6.45, 7) is 8.15. The molecule has 0 saturated carbocycles. The number of hydrogen-bond donors (Lipinski definition) is 2. The van der Waals surface area contributed by atoms with Crippen molar-refractivity contribution in [2.75, 3.05) is 23.3 Å². The van der Waals surface area contributed by atoms with Gasteiger partial charge < -0.3 is 10.2 Å². The predicted molar refractivity (Wildman–Crippen MR) is 81.3 cm³/mol. The summed E-state index contributed by atoms with van der Waals surface area (Å²) in [6, 6.07) is 6.03. The van der Waals surface area contributed by atoms with E-state index in [0.717, 1.165) is 30.0 Å². The van der Waals surface area contributed by atoms with Crippen LogP contribution < -0.4 is 10.2 Å². The molecule has 1 aromatic carbocycles. The fourth-order valence-electron chi connectivity index (χ4n) is 2.17. The standard InChI is InChI=1S/C14H20N6O/c1-4-20(5-2)11-6-7-12(10(3)8-11)15-14(21)9-13-16-18-19-17-13/h6-8H,4-5,9H2,1-3H3,(H,15,21)(H,16,17,18,19). The third kappa shape index (κ3) is 3.77. The van der Waals surface area contributed by atoms with Crippen LogP contribution in [0, 0.1) is 6.92 Å². The van der Waals surface area contributed by atoms with Crippen LogP contribution in [0.25, 0.3) is 0 Å². The first-order chi connectivity index (χ1) is 10.1. The number of H-pyrrole nitrogens is 1. The smallest absolute Gasteiger partial charge is 0.232 e. The maximum Gasteiger partial charge on any atom is 0.232 e. The van der Waals surface area contributed by atoms with E-state index in [2.05, 4.69) is 50.8 Å². The second-order valence-corrected chi connectivity index (χ2v) is 4.72. The summed E-state index contributed by atoms with van der Waals surface area (Å²) < 4.78 is 0. The van der Waals surface area contributed by atoms with Crippen LogP contribution >= 0.6 is 0 Å². The molecule has 1 aromatic heterocycles. The highest BCUT2D eigenvalue weighted by Gasteiger charge is 2.10. The Labute approximate surface area is 123 Å². The molecule has 0 fully saturated rings. The van der Waals surface area contributed by atoms with Crippen LogP contribution in [0.3, 0.4) is 0 Å². The Balaban J connectivity index is 2.05. The second-order valence-electron chi connectivity index (χ2n) is 4.72. The van der Waals surface area contributed by atoms with Gasteiger partial charge in [-0.15, -0.1) is 10.2 Å². The molecule has 0 atom stereocenters. The number of carbonyl (C=O) groups excluding carboxylic acids is 1. The van der Waals surface area contributed by atoms with Crippen molar-refractivity contribution in [2.24, 2.45) is 0 Å². The number of nitrogens with one attached hydrogen (secondary N) is 2. The molecular formula is C14H20N6O. The first kappa shape index (κ1) is 15.0. The van der Waals surface area contributed by atoms with E-state index in [0.29, 0.717) is 5.82 Å². The fourth-order valence-corrected chi connectivity index (χ4v) is 2.17. The molecule has 2 aromatic rings. The Hall–Kier alpha value is -2.44. The Morgan fingerprint density at radius 2 is 2.10 bits per heavy atom. The Kier molecular flexibility index (Phi) is 4.86. The zero-order valence-electron chi connectivity index (χ0n) is 12.6. The number of aromatic nitrogens is 4. The van der Waals surface area contributed by atoms with E-state index >= 15 is 0 Å². The number of benzene rings is 1. The van der Waals surface area contributed by atoms with Gasteiger partial charge in [0, 0.05) is 24.5 Å². The molecule has 1 amide bonds. The Bertz CT molecular complexity index is 592. The average Bonchev–Trinajstić information content (AvgIpc) is 2.96. The number of aromatic amines is 1. The summed E-state index contributed by atoms with van der Waals surface area (Å²) in [6.07, 6.45) is 0.105. The van der Waals surface area contributed by atoms with Gasteiger partial charge in [0.1, 0.15) is 0 Å². The van der Waals surface area contributed by atoms with Crippen molar-refractivity contribution in [3.8, 4) is 0 Å². The molecule has 0 aliphatic carbocycles. The lowest BCUT2D eigenvalue weighted by molar-refractivity contribution is -0.115. The lowest BCUT2D eigenvalue weighted by atomic mass is 10.1. The molecule has 112 valence electrons. The largest absolute Gasteiger partial charge is 0.372 e. The Morgan fingerprint density at radius 1 is 1.33 bits per heavy atom. The molecule has 0 bridgehead atoms. The van der Waals surface area contributed by atoms with Gasteiger partial charge >= 0.3 is 0 Å². The van der Waals surface area contributed by atoms with Gasteiger partial charge in [0.05, 0.1) is 6.42 Å². The molecule has 1 heterocycles. The van der Waals surface area contributed by atoms with Gasteiger partial charge in [0.25, 0.3) is 0 Å². The van der Waals surface area contributed by atoms with Crippen LogP contribution in [0.5, 0.6) is 0 Å². The van der Waals surface area contributed by atoms with Crippen LogP contribution in [0.15, 0.2) is 18.2 Å². The van der Waals surface area contributed by atoms with E-state index in [1.165, 1.54) is 0 Å². The average molecular weight is 288 g/mol. The molecule has 0 aliphatic heterocycles. The van der Waals surface area contributed by atoms with Gasteiger partial charge in [-0.2, -0.15) is 5.21 Å². The summed E-state index contributed by atoms with van der Waals surface area (Å²) in [7, 11) is 0. The van der Waals surface area contributed by atoms with Crippen molar-refractivity contribution in [3.63, 3.8) is 0 Å². The molecule has 0 aliphatic rings. The maximum atomic E-state index is 11.9. The molecule has 0 unspecified atom stereocenters. The van der Waals surface area contributed by atoms with Crippen molar-refractivity contribution < 1.29 is 4.79 Å². The fraction of sp³-hybridized carbons (Fsp3) is 0.429. The minimum Gasteiger partial charge on any atom is -0.372 e. The molecule has 21 heavy (non-hydrogen) atoms. The van der Waals surface area contributed by atoms with Gasteiger partial charge in [-0.25, -0.2) is 0 Å². The molecule has 0 spiro atoms. The minimum atomic E-state index is -0.157. The second kappa shape index (κ2) is 6.83. The molecule has 0 radical (unpaired) electrons. The van der Waals surface area contributed by atoms with E-state index in [1.807, 2.05) is 19.1 Å². The van der Waals surface area contributed by atoms with Crippen LogP contribution in [0.4, 0.5) is 11.4 Å². The number of carbonyl (C=O) groups is 1. The number of tetrazole rings is 1. The highest BCUT2D eigenvalue weighted by molar-refractivity contribution is 5.92. The van der Waals surface area contributed by atoms with Gasteiger partial charge in [0.2, 0.25) is 5.91 Å². The monoisotopic (exact) mass is 288 g/mol. The summed E-state index contributed by atoms with van der Waals surface area (Å²) in [5.74, 6) is 0.222. The number of nitrogens with zero attached hydrogens (tertiary/aromatic N) is 4. The summed E-state index contributed by atoms with van der Waals surface area (Å²) in [5, 5.41) is 16.2. The van der Waals surface area contributed by atoms with Crippen molar-refractivity contribution in [1.29, 1.82) is 0 Å². The number of aryl methyl sites for hydroxylation is 1. The van der Waals surface area contributed by atoms with Gasteiger partial charge in [-0.05, 0) is 44.5 Å². The number of hydrogen-bond acceptors (Lipinski definition) is 5. The van der Waals surface area contributed by atoms with E-state index in [9.17, 15) is 4.79 Å². The zero-order chi connectivity index (χ0) is 15.2. The van der Waals surface area contributed by atoms with E-state index in [-0.39, 0.29) is 12.3 Å². The topological polar surface area (TPSA) is 86.8 Å². The summed E-state index contributed by atoms with van der Waals surface area (Å²) in [5.41, 5.74) is 2.99. The van der Waals surface area contributed by atoms with Gasteiger partial charge in [0.15, 0.2) is 5.82 Å². The van der Waals surface area contributed by atoms with E-state index < -0.39 is 0 Å². The third-order valence-corrected chi connectivity index (χ3v) is 3.32. The minimum absolute atomic E-state index is 0.105. The first-order valence-corrected chi connectivity index (χ1v) is 7.01. The van der Waals surface area contributed by atoms with E-state index in [4.69, 9.17) is 0 Å². The molecule has 2 N–H and O–H groups in total. The molecule has 2 rings (SSSR count). The normalized spacial score (nSPS) is 10.4. The first-order valence-electron chi connectivity index (χ1n) is 7.01. The molecule has 0 saturated heterocycles. The van der Waals surface area contributed by atoms with Gasteiger partial charge in [-0.1, -0.05) is 5.21 Å². The summed E-state index contributed by atoms with van der Waals surface area (Å²) >= 11 is 0. The lowest BCUT2D eigenvalue weighted by Crippen LogP contribution is -2.22. The summed E-state index contributed by atoms with van der Waals surface area (Å²) in [4.78, 5) is 14.2. The number of rotatable bonds is 6. The molecule has 7 heteroatoms. The van der Waals surface area contributed by atoms with Crippen molar-refractivity contribution >= 4 is 17.3 Å². The van der Waals surface area contributed by atoms with Crippen molar-refractivity contribution in [2.45, 2.75) is 27.2 Å².